The van der Waals surface area contributed by atoms with Crippen LogP contribution in [0.1, 0.15) is 28.1 Å². The van der Waals surface area contributed by atoms with Gasteiger partial charge in [0.2, 0.25) is 0 Å². The predicted octanol–water partition coefficient (Wildman–Crippen LogP) is 6.11. The molecule has 2 nitrogen and oxygen atoms in total. The van der Waals surface area contributed by atoms with Crippen LogP contribution < -0.4 is 0 Å². The highest BCUT2D eigenvalue weighted by Crippen LogP contribution is 2.22. The molecule has 0 fully saturated rings. The van der Waals surface area contributed by atoms with Gasteiger partial charge in [0.1, 0.15) is 0 Å². The third-order valence-electron chi connectivity index (χ3n) is 4.40. The molecule has 0 aliphatic rings. The molecule has 0 aliphatic heterocycles. The van der Waals surface area contributed by atoms with Gasteiger partial charge >= 0.3 is 0 Å². The van der Waals surface area contributed by atoms with Gasteiger partial charge in [-0.2, -0.15) is 0 Å². The molecule has 2 aromatic carbocycles. The standard InChI is InChI=1S/C21H21ClN2/c1-14-5-8-20(11-15(14)2)23-13-18-12-16(3)24(17(18)4)21-9-6-19(22)7-10-21/h5-13H,1-4H3. The zero-order chi connectivity index (χ0) is 17.3. The highest BCUT2D eigenvalue weighted by Gasteiger charge is 2.09. The summed E-state index contributed by atoms with van der Waals surface area (Å²) in [4.78, 5) is 4.64. The Bertz CT molecular complexity index is 902. The Balaban J connectivity index is 1.95. The summed E-state index contributed by atoms with van der Waals surface area (Å²) in [6.07, 6.45) is 1.94. The SMILES string of the molecule is Cc1ccc(N=Cc2cc(C)n(-c3ccc(Cl)cc3)c2C)cc1C. The highest BCUT2D eigenvalue weighted by molar-refractivity contribution is 6.30. The molecule has 122 valence electrons. The summed E-state index contributed by atoms with van der Waals surface area (Å²) in [5.74, 6) is 0. The lowest BCUT2D eigenvalue weighted by Gasteiger charge is -2.09. The lowest BCUT2D eigenvalue weighted by atomic mass is 10.1. The van der Waals surface area contributed by atoms with Crippen LogP contribution >= 0.6 is 11.6 Å². The summed E-state index contributed by atoms with van der Waals surface area (Å²) in [6, 6.07) is 16.3. The van der Waals surface area contributed by atoms with Gasteiger partial charge in [0.25, 0.3) is 0 Å². The van der Waals surface area contributed by atoms with Gasteiger partial charge in [0, 0.05) is 33.9 Å². The molecule has 0 N–H and O–H groups in total. The zero-order valence-electron chi connectivity index (χ0n) is 14.5. The molecule has 1 heterocycles. The van der Waals surface area contributed by atoms with Crippen LogP contribution in [0.2, 0.25) is 5.02 Å². The Morgan fingerprint density at radius 2 is 1.58 bits per heavy atom. The second-order valence-electron chi connectivity index (χ2n) is 6.17. The molecule has 3 rings (SSSR count). The van der Waals surface area contributed by atoms with Crippen LogP contribution in [0.5, 0.6) is 0 Å². The van der Waals surface area contributed by atoms with Gasteiger partial charge in [0.05, 0.1) is 5.69 Å². The van der Waals surface area contributed by atoms with Gasteiger partial charge in [-0.3, -0.25) is 4.99 Å². The lowest BCUT2D eigenvalue weighted by Crippen LogP contribution is -1.99. The minimum atomic E-state index is 0.748. The van der Waals surface area contributed by atoms with Gasteiger partial charge in [-0.1, -0.05) is 17.7 Å². The van der Waals surface area contributed by atoms with Crippen molar-refractivity contribution >= 4 is 23.5 Å². The quantitative estimate of drug-likeness (QED) is 0.513. The number of aliphatic imine (C=N–C) groups is 1. The zero-order valence-corrected chi connectivity index (χ0v) is 15.2. The molecule has 0 saturated heterocycles. The summed E-state index contributed by atoms with van der Waals surface area (Å²) in [5, 5.41) is 0.748. The first-order valence-electron chi connectivity index (χ1n) is 8.02. The Morgan fingerprint density at radius 3 is 2.25 bits per heavy atom. The first kappa shape index (κ1) is 16.5. The van der Waals surface area contributed by atoms with Crippen molar-refractivity contribution in [2.45, 2.75) is 27.7 Å². The normalized spacial score (nSPS) is 11.4. The third kappa shape index (κ3) is 3.29. The van der Waals surface area contributed by atoms with Crippen molar-refractivity contribution in [2.75, 3.05) is 0 Å². The molecule has 0 atom stereocenters. The van der Waals surface area contributed by atoms with Crippen LogP contribution in [-0.4, -0.2) is 10.8 Å². The predicted molar refractivity (Wildman–Crippen MR) is 103 cm³/mol. The minimum absolute atomic E-state index is 0.748. The van der Waals surface area contributed by atoms with Crippen LogP contribution in [0.25, 0.3) is 5.69 Å². The largest absolute Gasteiger partial charge is 0.318 e. The van der Waals surface area contributed by atoms with Crippen LogP contribution in [0.4, 0.5) is 5.69 Å². The lowest BCUT2D eigenvalue weighted by molar-refractivity contribution is 0.965. The molecule has 3 heteroatoms. The highest BCUT2D eigenvalue weighted by atomic mass is 35.5. The average Bonchev–Trinajstić information content (AvgIpc) is 2.84. The molecular formula is C21H21ClN2. The molecule has 3 aromatic rings. The second kappa shape index (κ2) is 6.66. The second-order valence-corrected chi connectivity index (χ2v) is 6.60. The van der Waals surface area contributed by atoms with E-state index in [1.165, 1.54) is 22.5 Å². The van der Waals surface area contributed by atoms with Crippen molar-refractivity contribution in [1.82, 2.24) is 4.57 Å². The van der Waals surface area contributed by atoms with E-state index in [0.29, 0.717) is 0 Å². The fourth-order valence-electron chi connectivity index (χ4n) is 2.86. The fourth-order valence-corrected chi connectivity index (χ4v) is 2.98. The Kier molecular flexibility index (Phi) is 4.59. The Labute approximate surface area is 148 Å². The van der Waals surface area contributed by atoms with Crippen molar-refractivity contribution in [1.29, 1.82) is 0 Å². The first-order chi connectivity index (χ1) is 11.5. The average molecular weight is 337 g/mol. The van der Waals surface area contributed by atoms with Gasteiger partial charge in [-0.15, -0.1) is 0 Å². The topological polar surface area (TPSA) is 17.3 Å². The number of hydrogen-bond acceptors (Lipinski definition) is 1. The molecule has 0 spiro atoms. The van der Waals surface area contributed by atoms with Crippen molar-refractivity contribution < 1.29 is 0 Å². The van der Waals surface area contributed by atoms with Crippen LogP contribution in [0, 0.1) is 27.7 Å². The Morgan fingerprint density at radius 1 is 0.875 bits per heavy atom. The first-order valence-corrected chi connectivity index (χ1v) is 8.39. The molecular weight excluding hydrogens is 316 g/mol. The summed E-state index contributed by atoms with van der Waals surface area (Å²) in [5.41, 5.74) is 8.11. The van der Waals surface area contributed by atoms with E-state index >= 15 is 0 Å². The molecule has 0 unspecified atom stereocenters. The number of hydrogen-bond donors (Lipinski definition) is 0. The number of halogens is 1. The van der Waals surface area contributed by atoms with Crippen molar-refractivity contribution in [3.63, 3.8) is 0 Å². The Hall–Kier alpha value is -2.32. The number of benzene rings is 2. The summed E-state index contributed by atoms with van der Waals surface area (Å²) >= 11 is 5.99. The fraction of sp³-hybridized carbons (Fsp3) is 0.190. The van der Waals surface area contributed by atoms with Crippen molar-refractivity contribution in [2.24, 2.45) is 4.99 Å². The van der Waals surface area contributed by atoms with Gasteiger partial charge in [0.15, 0.2) is 0 Å². The van der Waals surface area contributed by atoms with Crippen molar-refractivity contribution in [3.05, 3.63) is 81.6 Å². The van der Waals surface area contributed by atoms with Gasteiger partial charge < -0.3 is 4.57 Å². The van der Waals surface area contributed by atoms with Gasteiger partial charge in [-0.05, 0) is 81.3 Å². The molecule has 0 bridgehead atoms. The van der Waals surface area contributed by atoms with Gasteiger partial charge in [-0.25, -0.2) is 0 Å². The summed E-state index contributed by atoms with van der Waals surface area (Å²) in [6.45, 7) is 8.45. The monoisotopic (exact) mass is 336 g/mol. The van der Waals surface area contributed by atoms with E-state index in [-0.39, 0.29) is 0 Å². The van der Waals surface area contributed by atoms with E-state index in [4.69, 9.17) is 11.6 Å². The van der Waals surface area contributed by atoms with Crippen molar-refractivity contribution in [3.8, 4) is 5.69 Å². The molecule has 0 amide bonds. The molecule has 0 radical (unpaired) electrons. The van der Waals surface area contributed by atoms with Crippen LogP contribution in [0.3, 0.4) is 0 Å². The maximum Gasteiger partial charge on any atom is 0.0632 e. The van der Waals surface area contributed by atoms with Crippen LogP contribution in [0.15, 0.2) is 53.5 Å². The van der Waals surface area contributed by atoms with E-state index < -0.39 is 0 Å². The molecule has 0 aliphatic carbocycles. The molecule has 1 aromatic heterocycles. The smallest absolute Gasteiger partial charge is 0.0632 e. The van der Waals surface area contributed by atoms with E-state index in [0.717, 1.165) is 22.0 Å². The molecule has 24 heavy (non-hydrogen) atoms. The minimum Gasteiger partial charge on any atom is -0.318 e. The van der Waals surface area contributed by atoms with E-state index in [2.05, 4.69) is 61.5 Å². The van der Waals surface area contributed by atoms with Crippen LogP contribution in [-0.2, 0) is 0 Å². The van der Waals surface area contributed by atoms with E-state index in [9.17, 15) is 0 Å². The maximum atomic E-state index is 5.99. The van der Waals surface area contributed by atoms with E-state index in [1.54, 1.807) is 0 Å². The summed E-state index contributed by atoms with van der Waals surface area (Å²) < 4.78 is 2.22. The number of aromatic nitrogens is 1. The summed E-state index contributed by atoms with van der Waals surface area (Å²) in [7, 11) is 0. The number of aryl methyl sites for hydroxylation is 3. The maximum absolute atomic E-state index is 5.99. The number of nitrogens with zero attached hydrogens (tertiary/aromatic N) is 2. The third-order valence-corrected chi connectivity index (χ3v) is 4.65. The number of rotatable bonds is 3. The van der Waals surface area contributed by atoms with E-state index in [1.807, 2.05) is 30.5 Å². The molecule has 0 saturated carbocycles.